The lowest BCUT2D eigenvalue weighted by Gasteiger charge is -2.33. The summed E-state index contributed by atoms with van der Waals surface area (Å²) < 4.78 is 1.54. The van der Waals surface area contributed by atoms with Crippen LogP contribution in [0.25, 0.3) is 0 Å². The van der Waals surface area contributed by atoms with E-state index >= 15 is 0 Å². The van der Waals surface area contributed by atoms with Crippen LogP contribution in [-0.2, 0) is 16.1 Å². The number of carboxylic acid groups (broad SMARTS) is 1. The molecule has 9 nitrogen and oxygen atoms in total. The van der Waals surface area contributed by atoms with E-state index in [1.165, 1.54) is 15.7 Å². The first-order valence-electron chi connectivity index (χ1n) is 7.10. The van der Waals surface area contributed by atoms with Gasteiger partial charge < -0.3 is 24.7 Å². The van der Waals surface area contributed by atoms with Gasteiger partial charge in [-0.15, -0.1) is 0 Å². The smallest absolute Gasteiger partial charge is 0.381 e. The highest BCUT2D eigenvalue weighted by Crippen LogP contribution is 2.19. The molecule has 1 aliphatic heterocycles. The number of carbonyl (C=O) groups is 2. The molecule has 0 radical (unpaired) electrons. The van der Waals surface area contributed by atoms with Gasteiger partial charge in [-0.1, -0.05) is 0 Å². The summed E-state index contributed by atoms with van der Waals surface area (Å²) in [6.07, 6.45) is 3.45. The van der Waals surface area contributed by atoms with E-state index in [1.807, 2.05) is 0 Å². The quantitative estimate of drug-likeness (QED) is 0.639. The SMILES string of the molecule is Cc1nc([N+](=O)[O-])cn1CCC(=O)N1CCCCC1C(=O)O. The van der Waals surface area contributed by atoms with Gasteiger partial charge in [-0.2, -0.15) is 0 Å². The van der Waals surface area contributed by atoms with Crippen molar-refractivity contribution in [1.29, 1.82) is 0 Å². The third-order valence-electron chi connectivity index (χ3n) is 3.83. The topological polar surface area (TPSA) is 119 Å². The van der Waals surface area contributed by atoms with E-state index in [-0.39, 0.29) is 24.7 Å². The van der Waals surface area contributed by atoms with Gasteiger partial charge in [0.05, 0.1) is 0 Å². The molecular formula is C13H18N4O5. The van der Waals surface area contributed by atoms with Crippen molar-refractivity contribution < 1.29 is 19.6 Å². The predicted octanol–water partition coefficient (Wildman–Crippen LogP) is 0.956. The molecule has 1 saturated heterocycles. The second-order valence-electron chi connectivity index (χ2n) is 5.28. The minimum Gasteiger partial charge on any atom is -0.480 e. The van der Waals surface area contributed by atoms with Crippen molar-refractivity contribution in [2.45, 2.75) is 45.2 Å². The van der Waals surface area contributed by atoms with Crippen LogP contribution in [0.4, 0.5) is 5.82 Å². The van der Waals surface area contributed by atoms with Crippen LogP contribution in [-0.4, -0.2) is 48.9 Å². The molecular weight excluding hydrogens is 292 g/mol. The lowest BCUT2D eigenvalue weighted by atomic mass is 10.0. The molecule has 1 amide bonds. The molecule has 1 atom stereocenters. The van der Waals surface area contributed by atoms with Gasteiger partial charge in [0.1, 0.15) is 12.2 Å². The molecule has 1 aromatic heterocycles. The number of rotatable bonds is 5. The molecule has 0 aromatic carbocycles. The first kappa shape index (κ1) is 15.9. The Balaban J connectivity index is 2.00. The summed E-state index contributed by atoms with van der Waals surface area (Å²) in [6.45, 7) is 2.31. The average Bonchev–Trinajstić information content (AvgIpc) is 2.86. The Kier molecular flexibility index (Phi) is 4.74. The highest BCUT2D eigenvalue weighted by atomic mass is 16.6. The van der Waals surface area contributed by atoms with Crippen LogP contribution >= 0.6 is 0 Å². The molecule has 0 bridgehead atoms. The van der Waals surface area contributed by atoms with Crippen molar-refractivity contribution >= 4 is 17.7 Å². The Bertz CT molecular complexity index is 597. The third kappa shape index (κ3) is 3.41. The van der Waals surface area contributed by atoms with Gasteiger partial charge in [-0.05, 0) is 29.2 Å². The van der Waals surface area contributed by atoms with E-state index in [0.29, 0.717) is 18.8 Å². The fourth-order valence-corrected chi connectivity index (χ4v) is 2.65. The maximum absolute atomic E-state index is 12.2. The lowest BCUT2D eigenvalue weighted by molar-refractivity contribution is -0.389. The molecule has 9 heteroatoms. The number of aromatic nitrogens is 2. The van der Waals surface area contributed by atoms with Gasteiger partial charge in [-0.3, -0.25) is 4.79 Å². The van der Waals surface area contributed by atoms with Crippen molar-refractivity contribution in [3.05, 3.63) is 22.1 Å². The van der Waals surface area contributed by atoms with Gasteiger partial charge >= 0.3 is 11.8 Å². The lowest BCUT2D eigenvalue weighted by Crippen LogP contribution is -2.48. The molecule has 1 N–H and O–H groups in total. The molecule has 1 aliphatic rings. The van der Waals surface area contributed by atoms with Crippen LogP contribution in [0.5, 0.6) is 0 Å². The number of amides is 1. The third-order valence-corrected chi connectivity index (χ3v) is 3.83. The van der Waals surface area contributed by atoms with Crippen molar-refractivity contribution in [3.8, 4) is 0 Å². The summed E-state index contributed by atoms with van der Waals surface area (Å²) in [6, 6.07) is -0.764. The second kappa shape index (κ2) is 6.54. The summed E-state index contributed by atoms with van der Waals surface area (Å²) in [5.41, 5.74) is 0. The van der Waals surface area contributed by atoms with Crippen molar-refractivity contribution in [3.63, 3.8) is 0 Å². The van der Waals surface area contributed by atoms with Gasteiger partial charge in [-0.25, -0.2) is 4.79 Å². The molecule has 0 saturated carbocycles. The van der Waals surface area contributed by atoms with Gasteiger partial charge in [0.25, 0.3) is 0 Å². The van der Waals surface area contributed by atoms with Gasteiger partial charge in [0, 0.05) is 26.4 Å². The standard InChI is InChI=1S/C13H18N4O5/c1-9-14-11(17(21)22)8-15(9)7-5-12(18)16-6-3-2-4-10(16)13(19)20/h8,10H,2-7H2,1H3,(H,19,20). The molecule has 1 aromatic rings. The van der Waals surface area contributed by atoms with Crippen molar-refractivity contribution in [1.82, 2.24) is 14.5 Å². The van der Waals surface area contributed by atoms with Crippen molar-refractivity contribution in [2.24, 2.45) is 0 Å². The zero-order chi connectivity index (χ0) is 16.3. The van der Waals surface area contributed by atoms with E-state index in [9.17, 15) is 19.7 Å². The Morgan fingerprint density at radius 3 is 2.82 bits per heavy atom. The second-order valence-corrected chi connectivity index (χ2v) is 5.28. The molecule has 2 rings (SSSR count). The predicted molar refractivity (Wildman–Crippen MR) is 75.2 cm³/mol. The number of hydrogen-bond acceptors (Lipinski definition) is 5. The molecule has 1 unspecified atom stereocenters. The number of carbonyl (C=O) groups excluding carboxylic acids is 1. The largest absolute Gasteiger partial charge is 0.480 e. The molecule has 2 heterocycles. The van der Waals surface area contributed by atoms with Crippen molar-refractivity contribution in [2.75, 3.05) is 6.54 Å². The summed E-state index contributed by atoms with van der Waals surface area (Å²) in [5, 5.41) is 19.8. The number of likely N-dealkylation sites (tertiary alicyclic amines) is 1. The van der Waals surface area contributed by atoms with Crippen LogP contribution in [0.3, 0.4) is 0 Å². The monoisotopic (exact) mass is 310 g/mol. The van der Waals surface area contributed by atoms with Crippen LogP contribution in [0.2, 0.25) is 0 Å². The van der Waals surface area contributed by atoms with E-state index in [2.05, 4.69) is 4.98 Å². The maximum atomic E-state index is 12.2. The summed E-state index contributed by atoms with van der Waals surface area (Å²) in [5.74, 6) is -1.04. The number of hydrogen-bond donors (Lipinski definition) is 1. The highest BCUT2D eigenvalue weighted by Gasteiger charge is 2.31. The van der Waals surface area contributed by atoms with E-state index in [0.717, 1.165) is 12.8 Å². The van der Waals surface area contributed by atoms with E-state index in [4.69, 9.17) is 5.11 Å². The Hall–Kier alpha value is -2.45. The number of nitro groups is 1. The number of aliphatic carboxylic acids is 1. The summed E-state index contributed by atoms with van der Waals surface area (Å²) in [4.78, 5) is 38.7. The van der Waals surface area contributed by atoms with Gasteiger partial charge in [0.2, 0.25) is 11.7 Å². The van der Waals surface area contributed by atoms with Gasteiger partial charge in [0.15, 0.2) is 0 Å². The number of aryl methyl sites for hydroxylation is 2. The first-order chi connectivity index (χ1) is 10.4. The fourth-order valence-electron chi connectivity index (χ4n) is 2.65. The minimum atomic E-state index is -0.984. The molecule has 22 heavy (non-hydrogen) atoms. The van der Waals surface area contributed by atoms with Crippen LogP contribution < -0.4 is 0 Å². The van der Waals surface area contributed by atoms with E-state index < -0.39 is 16.9 Å². The number of imidazole rings is 1. The average molecular weight is 310 g/mol. The van der Waals surface area contributed by atoms with Crippen LogP contribution in [0.15, 0.2) is 6.20 Å². The normalized spacial score (nSPS) is 18.2. The van der Waals surface area contributed by atoms with Crippen LogP contribution in [0, 0.1) is 17.0 Å². The Morgan fingerprint density at radius 1 is 1.50 bits per heavy atom. The number of nitrogens with zero attached hydrogens (tertiary/aromatic N) is 4. The first-order valence-corrected chi connectivity index (χ1v) is 7.10. The minimum absolute atomic E-state index is 0.0954. The van der Waals surface area contributed by atoms with Crippen LogP contribution in [0.1, 0.15) is 31.5 Å². The zero-order valence-corrected chi connectivity index (χ0v) is 12.3. The summed E-state index contributed by atoms with van der Waals surface area (Å²) in [7, 11) is 0. The van der Waals surface area contributed by atoms with E-state index in [1.54, 1.807) is 6.92 Å². The highest BCUT2D eigenvalue weighted by molar-refractivity contribution is 5.83. The number of carboxylic acids is 1. The zero-order valence-electron chi connectivity index (χ0n) is 12.3. The summed E-state index contributed by atoms with van der Waals surface area (Å²) >= 11 is 0. The maximum Gasteiger partial charge on any atom is 0.381 e. The molecule has 0 spiro atoms. The fraction of sp³-hybridized carbons (Fsp3) is 0.615. The molecule has 120 valence electrons. The number of piperidine rings is 1. The molecule has 0 aliphatic carbocycles. The Morgan fingerprint density at radius 2 is 2.23 bits per heavy atom. The Labute approximate surface area is 126 Å². The molecule has 1 fully saturated rings.